The minimum atomic E-state index is -0.452. The van der Waals surface area contributed by atoms with Gasteiger partial charge in [0.1, 0.15) is 5.60 Å². The fraction of sp³-hybridized carbons (Fsp3) is 0.800. The molecule has 0 spiro atoms. The number of hydrogen-bond donors (Lipinski definition) is 1. The largest absolute Gasteiger partial charge is 0.444 e. The second-order valence-electron chi connectivity index (χ2n) is 6.66. The highest BCUT2D eigenvalue weighted by Crippen LogP contribution is 2.24. The predicted octanol–water partition coefficient (Wildman–Crippen LogP) is 2.90. The van der Waals surface area contributed by atoms with Crippen LogP contribution in [0.2, 0.25) is 0 Å². The fourth-order valence-electron chi connectivity index (χ4n) is 2.41. The van der Waals surface area contributed by atoms with Gasteiger partial charge in [-0.15, -0.1) is 0 Å². The van der Waals surface area contributed by atoms with E-state index in [1.54, 1.807) is 0 Å². The van der Waals surface area contributed by atoms with E-state index >= 15 is 0 Å². The fourth-order valence-corrected chi connectivity index (χ4v) is 2.74. The maximum atomic E-state index is 12.3. The molecule has 20 heavy (non-hydrogen) atoms. The third-order valence-electron chi connectivity index (χ3n) is 3.64. The quantitative estimate of drug-likeness (QED) is 0.796. The van der Waals surface area contributed by atoms with E-state index in [-0.39, 0.29) is 17.4 Å². The first-order chi connectivity index (χ1) is 9.35. The molecule has 0 radical (unpaired) electrons. The molecule has 2 rings (SSSR count). The zero-order chi connectivity index (χ0) is 14.8. The Labute approximate surface area is 127 Å². The molecule has 1 amide bonds. The van der Waals surface area contributed by atoms with E-state index < -0.39 is 5.60 Å². The summed E-state index contributed by atoms with van der Waals surface area (Å²) in [5.41, 5.74) is -0.452. The molecule has 2 unspecified atom stereocenters. The zero-order valence-electron chi connectivity index (χ0n) is 12.7. The van der Waals surface area contributed by atoms with E-state index in [1.807, 2.05) is 25.7 Å². The Kier molecular flexibility index (Phi) is 4.89. The van der Waals surface area contributed by atoms with Gasteiger partial charge in [0.05, 0.1) is 6.04 Å². The lowest BCUT2D eigenvalue weighted by molar-refractivity contribution is 0.0154. The Balaban J connectivity index is 1.99. The van der Waals surface area contributed by atoms with Gasteiger partial charge in [0.15, 0.2) is 0 Å². The number of likely N-dealkylation sites (tertiary alicyclic amines) is 2. The normalized spacial score (nSPS) is 27.6. The minimum absolute atomic E-state index is 0.133. The summed E-state index contributed by atoms with van der Waals surface area (Å²) in [7, 11) is 0. The summed E-state index contributed by atoms with van der Waals surface area (Å²) in [5, 5.41) is 0.246. The van der Waals surface area contributed by atoms with E-state index in [0.29, 0.717) is 6.54 Å². The molecule has 4 nitrogen and oxygen atoms in total. The molecule has 2 heterocycles. The molecule has 0 aromatic rings. The second-order valence-corrected chi connectivity index (χ2v) is 7.39. The van der Waals surface area contributed by atoms with Crippen molar-refractivity contribution < 1.29 is 9.53 Å². The summed E-state index contributed by atoms with van der Waals surface area (Å²) in [6, 6.07) is 0.133. The molecule has 5 heteroatoms. The average molecular weight is 298 g/mol. The van der Waals surface area contributed by atoms with Crippen LogP contribution in [0, 0.1) is 0 Å². The molecular formula is C15H26N2O2S. The SMILES string of the molecule is CC(C)(C)OC(=O)N1CC(S)CCC1/C=C/N1CCC1. The summed E-state index contributed by atoms with van der Waals surface area (Å²) in [5.74, 6) is 0. The molecule has 0 N–H and O–H groups in total. The summed E-state index contributed by atoms with van der Waals surface area (Å²) in [6.07, 6.45) is 7.31. The molecule has 2 fully saturated rings. The monoisotopic (exact) mass is 298 g/mol. The van der Waals surface area contributed by atoms with Gasteiger partial charge in [-0.05, 0) is 52.3 Å². The van der Waals surface area contributed by atoms with Crippen molar-refractivity contribution in [3.05, 3.63) is 12.3 Å². The van der Waals surface area contributed by atoms with Gasteiger partial charge in [-0.2, -0.15) is 12.6 Å². The van der Waals surface area contributed by atoms with Crippen LogP contribution in [0.5, 0.6) is 0 Å². The number of rotatable bonds is 2. The number of carbonyl (C=O) groups excluding carboxylic acids is 1. The van der Waals surface area contributed by atoms with E-state index in [4.69, 9.17) is 4.74 Å². The number of amides is 1. The van der Waals surface area contributed by atoms with Crippen LogP contribution in [0.25, 0.3) is 0 Å². The van der Waals surface area contributed by atoms with Crippen molar-refractivity contribution in [1.82, 2.24) is 9.80 Å². The Morgan fingerprint density at radius 3 is 2.55 bits per heavy atom. The third kappa shape index (κ3) is 4.33. The highest BCUT2D eigenvalue weighted by Gasteiger charge is 2.32. The van der Waals surface area contributed by atoms with Gasteiger partial charge in [-0.1, -0.05) is 0 Å². The second kappa shape index (κ2) is 6.29. The van der Waals surface area contributed by atoms with Crippen LogP contribution in [0.3, 0.4) is 0 Å². The molecule has 0 saturated carbocycles. The lowest BCUT2D eigenvalue weighted by Gasteiger charge is -2.38. The van der Waals surface area contributed by atoms with Crippen LogP contribution in [0.15, 0.2) is 12.3 Å². The molecule has 2 atom stereocenters. The summed E-state index contributed by atoms with van der Waals surface area (Å²) >= 11 is 4.52. The van der Waals surface area contributed by atoms with Gasteiger partial charge in [0, 0.05) is 24.9 Å². The van der Waals surface area contributed by atoms with E-state index in [1.165, 1.54) is 6.42 Å². The molecule has 2 saturated heterocycles. The average Bonchev–Trinajstić information content (AvgIpc) is 2.26. The molecule has 0 bridgehead atoms. The molecule has 0 aromatic carbocycles. The summed E-state index contributed by atoms with van der Waals surface area (Å²) < 4.78 is 5.51. The lowest BCUT2D eigenvalue weighted by atomic mass is 10.0. The van der Waals surface area contributed by atoms with Gasteiger partial charge in [0.2, 0.25) is 0 Å². The van der Waals surface area contributed by atoms with Crippen molar-refractivity contribution in [3.63, 3.8) is 0 Å². The number of thiol groups is 1. The van der Waals surface area contributed by atoms with Crippen LogP contribution in [0.4, 0.5) is 4.79 Å². The zero-order valence-corrected chi connectivity index (χ0v) is 13.6. The van der Waals surface area contributed by atoms with Crippen LogP contribution in [-0.4, -0.2) is 52.4 Å². The van der Waals surface area contributed by atoms with Crippen molar-refractivity contribution in [2.24, 2.45) is 0 Å². The van der Waals surface area contributed by atoms with Crippen molar-refractivity contribution in [3.8, 4) is 0 Å². The first kappa shape index (κ1) is 15.5. The van der Waals surface area contributed by atoms with E-state index in [2.05, 4.69) is 29.8 Å². The molecule has 2 aliphatic rings. The molecule has 0 aliphatic carbocycles. The Morgan fingerprint density at radius 1 is 1.30 bits per heavy atom. The topological polar surface area (TPSA) is 32.8 Å². The van der Waals surface area contributed by atoms with Crippen LogP contribution >= 0.6 is 12.6 Å². The number of carbonyl (C=O) groups is 1. The van der Waals surface area contributed by atoms with Crippen molar-refractivity contribution >= 4 is 18.7 Å². The number of ether oxygens (including phenoxy) is 1. The summed E-state index contributed by atoms with van der Waals surface area (Å²) in [4.78, 5) is 16.4. The highest BCUT2D eigenvalue weighted by molar-refractivity contribution is 7.81. The third-order valence-corrected chi connectivity index (χ3v) is 4.06. The van der Waals surface area contributed by atoms with E-state index in [9.17, 15) is 4.79 Å². The van der Waals surface area contributed by atoms with Gasteiger partial charge in [-0.25, -0.2) is 4.79 Å². The summed E-state index contributed by atoms with van der Waals surface area (Å²) in [6.45, 7) is 8.62. The molecule has 114 valence electrons. The van der Waals surface area contributed by atoms with Crippen LogP contribution in [-0.2, 0) is 4.74 Å². The first-order valence-electron chi connectivity index (χ1n) is 7.45. The molecular weight excluding hydrogens is 272 g/mol. The van der Waals surface area contributed by atoms with Crippen LogP contribution < -0.4 is 0 Å². The van der Waals surface area contributed by atoms with Gasteiger partial charge < -0.3 is 14.5 Å². The Hall–Kier alpha value is -0.840. The maximum Gasteiger partial charge on any atom is 0.410 e. The lowest BCUT2D eigenvalue weighted by Crippen LogP contribution is -2.48. The van der Waals surface area contributed by atoms with Crippen molar-refractivity contribution in [2.45, 2.75) is 56.9 Å². The Bertz CT molecular complexity index is 375. The number of nitrogens with zero attached hydrogens (tertiary/aromatic N) is 2. The van der Waals surface area contributed by atoms with Crippen LogP contribution in [0.1, 0.15) is 40.0 Å². The first-order valence-corrected chi connectivity index (χ1v) is 7.97. The number of hydrogen-bond acceptors (Lipinski definition) is 4. The number of piperidine rings is 1. The smallest absolute Gasteiger partial charge is 0.410 e. The van der Waals surface area contributed by atoms with Crippen molar-refractivity contribution in [1.29, 1.82) is 0 Å². The van der Waals surface area contributed by atoms with Gasteiger partial charge in [0.25, 0.3) is 0 Å². The maximum absolute atomic E-state index is 12.3. The molecule has 2 aliphatic heterocycles. The molecule has 0 aromatic heterocycles. The highest BCUT2D eigenvalue weighted by atomic mass is 32.1. The van der Waals surface area contributed by atoms with Gasteiger partial charge in [-0.3, -0.25) is 0 Å². The predicted molar refractivity (Wildman–Crippen MR) is 84.1 cm³/mol. The van der Waals surface area contributed by atoms with E-state index in [0.717, 1.165) is 25.9 Å². The van der Waals surface area contributed by atoms with Gasteiger partial charge >= 0.3 is 6.09 Å². The standard InChI is InChI=1S/C15H26N2O2S/c1-15(2,3)19-14(18)17-11-13(20)6-5-12(17)7-10-16-8-4-9-16/h7,10,12-13,20H,4-6,8-9,11H2,1-3H3/b10-7+. The van der Waals surface area contributed by atoms with Crippen molar-refractivity contribution in [2.75, 3.05) is 19.6 Å². The minimum Gasteiger partial charge on any atom is -0.444 e. The Morgan fingerprint density at radius 2 is 2.00 bits per heavy atom.